The Hall–Kier alpha value is -2.26. The fourth-order valence-corrected chi connectivity index (χ4v) is 5.01. The summed E-state index contributed by atoms with van der Waals surface area (Å²) in [7, 11) is -3.77. The van der Waals surface area contributed by atoms with Gasteiger partial charge in [0, 0.05) is 30.0 Å². The molecule has 0 saturated heterocycles. The fraction of sp³-hybridized carbons (Fsp3) is 0.300. The number of fused-ring (bicyclic) bond motifs is 1. The minimum absolute atomic E-state index is 0.00958. The summed E-state index contributed by atoms with van der Waals surface area (Å²) in [6, 6.07) is 8.84. The van der Waals surface area contributed by atoms with Gasteiger partial charge < -0.3 is 10.2 Å². The summed E-state index contributed by atoms with van der Waals surface area (Å²) in [5.41, 5.74) is 1.49. The monoisotopic (exact) mass is 482 g/mol. The van der Waals surface area contributed by atoms with Gasteiger partial charge in [0.2, 0.25) is 11.8 Å². The molecule has 1 N–H and O–H groups in total. The van der Waals surface area contributed by atoms with Gasteiger partial charge in [0.1, 0.15) is 5.82 Å². The molecule has 2 aromatic rings. The summed E-state index contributed by atoms with van der Waals surface area (Å²) in [5.74, 6) is -1.30. The number of halogens is 2. The van der Waals surface area contributed by atoms with Crippen LogP contribution in [0.15, 0.2) is 45.8 Å². The van der Waals surface area contributed by atoms with Crippen LogP contribution in [0, 0.1) is 5.82 Å². The normalized spacial score (nSPS) is 14.4. The second-order valence-electron chi connectivity index (χ2n) is 6.94. The molecule has 3 rings (SSSR count). The maximum absolute atomic E-state index is 13.9. The van der Waals surface area contributed by atoms with Crippen molar-refractivity contribution < 1.29 is 22.4 Å². The first kappa shape index (κ1) is 21.4. The molecule has 0 fully saturated rings. The van der Waals surface area contributed by atoms with E-state index in [0.29, 0.717) is 23.1 Å². The summed E-state index contributed by atoms with van der Waals surface area (Å²) in [4.78, 5) is 25.6. The highest BCUT2D eigenvalue weighted by Crippen LogP contribution is 2.31. The Balaban J connectivity index is 1.74. The van der Waals surface area contributed by atoms with Crippen molar-refractivity contribution in [2.45, 2.75) is 36.8 Å². The van der Waals surface area contributed by atoms with E-state index in [-0.39, 0.29) is 22.9 Å². The summed E-state index contributed by atoms with van der Waals surface area (Å²) >= 11 is 3.13. The van der Waals surface area contributed by atoms with E-state index in [4.69, 9.17) is 0 Å². The predicted molar refractivity (Wildman–Crippen MR) is 112 cm³/mol. The number of amides is 2. The van der Waals surface area contributed by atoms with Crippen LogP contribution < -0.4 is 10.2 Å². The zero-order valence-electron chi connectivity index (χ0n) is 15.9. The molecule has 1 aliphatic heterocycles. The first-order valence-electron chi connectivity index (χ1n) is 8.99. The number of hydrogen-bond donors (Lipinski definition) is 1. The van der Waals surface area contributed by atoms with Crippen LogP contribution in [-0.2, 0) is 25.8 Å². The van der Waals surface area contributed by atoms with E-state index in [2.05, 4.69) is 21.2 Å². The van der Waals surface area contributed by atoms with Crippen LogP contribution >= 0.6 is 15.9 Å². The van der Waals surface area contributed by atoms with Crippen molar-refractivity contribution in [1.82, 2.24) is 0 Å². The van der Waals surface area contributed by atoms with Gasteiger partial charge in [-0.3, -0.25) is 9.59 Å². The third-order valence-electron chi connectivity index (χ3n) is 4.86. The minimum Gasteiger partial charge on any atom is -0.324 e. The number of hydrogen-bond acceptors (Lipinski definition) is 4. The lowest BCUT2D eigenvalue weighted by Crippen LogP contribution is -2.26. The third-order valence-corrected chi connectivity index (χ3v) is 7.49. The van der Waals surface area contributed by atoms with E-state index >= 15 is 0 Å². The van der Waals surface area contributed by atoms with E-state index in [1.54, 1.807) is 23.1 Å². The largest absolute Gasteiger partial charge is 0.324 e. The number of carbonyl (C=O) groups excluding carboxylic acids is 2. The van der Waals surface area contributed by atoms with E-state index in [9.17, 15) is 22.4 Å². The second-order valence-corrected chi connectivity index (χ2v) is 10.2. The average Bonchev–Trinajstić information content (AvgIpc) is 3.07. The molecule has 0 aromatic heterocycles. The molecule has 0 bridgehead atoms. The number of nitrogens with one attached hydrogen (secondary N) is 1. The number of rotatable bonds is 5. The van der Waals surface area contributed by atoms with Crippen LogP contribution in [0.5, 0.6) is 0 Å². The Labute approximate surface area is 177 Å². The molecule has 6 nitrogen and oxygen atoms in total. The molecule has 9 heteroatoms. The number of benzene rings is 2. The molecule has 0 aliphatic carbocycles. The van der Waals surface area contributed by atoms with E-state index in [0.717, 1.165) is 5.56 Å². The SMILES string of the molecule is CC(=O)N1CCc2cc(S(=O)(=O)[C@H](C)CC(=O)Nc3ccc(Br)cc3F)ccc21. The van der Waals surface area contributed by atoms with Gasteiger partial charge in [-0.15, -0.1) is 0 Å². The maximum Gasteiger partial charge on any atom is 0.225 e. The molecule has 2 amide bonds. The number of anilines is 2. The molecule has 1 atom stereocenters. The van der Waals surface area contributed by atoms with Crippen molar-refractivity contribution >= 4 is 49.0 Å². The van der Waals surface area contributed by atoms with Gasteiger partial charge in [0.25, 0.3) is 0 Å². The van der Waals surface area contributed by atoms with Crippen LogP contribution in [0.25, 0.3) is 0 Å². The van der Waals surface area contributed by atoms with Crippen LogP contribution in [-0.4, -0.2) is 32.0 Å². The molecule has 0 unspecified atom stereocenters. The molecule has 1 heterocycles. The average molecular weight is 483 g/mol. The first-order valence-corrected chi connectivity index (χ1v) is 11.3. The van der Waals surface area contributed by atoms with Gasteiger partial charge in [0.15, 0.2) is 9.84 Å². The lowest BCUT2D eigenvalue weighted by atomic mass is 10.2. The Kier molecular flexibility index (Phi) is 6.09. The van der Waals surface area contributed by atoms with Crippen molar-refractivity contribution in [1.29, 1.82) is 0 Å². The van der Waals surface area contributed by atoms with Gasteiger partial charge in [-0.05, 0) is 55.3 Å². The van der Waals surface area contributed by atoms with Crippen molar-refractivity contribution in [3.8, 4) is 0 Å². The Morgan fingerprint density at radius 1 is 1.24 bits per heavy atom. The Bertz CT molecular complexity index is 1090. The zero-order chi connectivity index (χ0) is 21.3. The van der Waals surface area contributed by atoms with Crippen LogP contribution in [0.2, 0.25) is 0 Å². The summed E-state index contributed by atoms with van der Waals surface area (Å²) in [6.07, 6.45) is 0.268. The molecule has 1 aliphatic rings. The highest BCUT2D eigenvalue weighted by molar-refractivity contribution is 9.10. The highest BCUT2D eigenvalue weighted by atomic mass is 79.9. The summed E-state index contributed by atoms with van der Waals surface area (Å²) < 4.78 is 40.2. The number of carbonyl (C=O) groups is 2. The van der Waals surface area contributed by atoms with E-state index in [1.807, 2.05) is 0 Å². The van der Waals surface area contributed by atoms with Gasteiger partial charge in [-0.1, -0.05) is 15.9 Å². The maximum atomic E-state index is 13.9. The molecular weight excluding hydrogens is 463 g/mol. The Morgan fingerprint density at radius 2 is 1.97 bits per heavy atom. The zero-order valence-corrected chi connectivity index (χ0v) is 18.3. The van der Waals surface area contributed by atoms with Gasteiger partial charge in [0.05, 0.1) is 15.8 Å². The van der Waals surface area contributed by atoms with E-state index in [1.165, 1.54) is 32.0 Å². The molecule has 0 radical (unpaired) electrons. The minimum atomic E-state index is -3.77. The molecule has 0 spiro atoms. The smallest absolute Gasteiger partial charge is 0.225 e. The summed E-state index contributed by atoms with van der Waals surface area (Å²) in [5, 5.41) is 1.41. The van der Waals surface area contributed by atoms with Crippen molar-refractivity contribution in [2.75, 3.05) is 16.8 Å². The molecule has 29 heavy (non-hydrogen) atoms. The van der Waals surface area contributed by atoms with Crippen LogP contribution in [0.3, 0.4) is 0 Å². The lowest BCUT2D eigenvalue weighted by Gasteiger charge is -2.16. The molecule has 0 saturated carbocycles. The van der Waals surface area contributed by atoms with Gasteiger partial charge in [-0.25, -0.2) is 12.8 Å². The summed E-state index contributed by atoms with van der Waals surface area (Å²) in [6.45, 7) is 3.43. The van der Waals surface area contributed by atoms with Crippen molar-refractivity contribution in [3.05, 3.63) is 52.3 Å². The van der Waals surface area contributed by atoms with Crippen LogP contribution in [0.4, 0.5) is 15.8 Å². The predicted octanol–water partition coefficient (Wildman–Crippen LogP) is 3.69. The van der Waals surface area contributed by atoms with Crippen LogP contribution in [0.1, 0.15) is 25.8 Å². The first-order chi connectivity index (χ1) is 13.6. The van der Waals surface area contributed by atoms with Crippen molar-refractivity contribution in [2.24, 2.45) is 0 Å². The molecular formula is C20H20BrFN2O4S. The van der Waals surface area contributed by atoms with Gasteiger partial charge in [-0.2, -0.15) is 0 Å². The Morgan fingerprint density at radius 3 is 2.62 bits per heavy atom. The van der Waals surface area contributed by atoms with E-state index < -0.39 is 26.8 Å². The molecule has 154 valence electrons. The molecule has 2 aromatic carbocycles. The third kappa shape index (κ3) is 4.51. The van der Waals surface area contributed by atoms with Crippen molar-refractivity contribution in [3.63, 3.8) is 0 Å². The van der Waals surface area contributed by atoms with Gasteiger partial charge >= 0.3 is 0 Å². The standard InChI is InChI=1S/C20H20BrFN2O4S/c1-12(9-20(26)23-18-5-3-15(21)11-17(18)22)29(27,28)16-4-6-19-14(10-16)7-8-24(19)13(2)25/h3-6,10-12H,7-9H2,1-2H3,(H,23,26)/t12-/m1/s1. The number of sulfone groups is 1. The highest BCUT2D eigenvalue weighted by Gasteiger charge is 2.29. The topological polar surface area (TPSA) is 83.6 Å². The second kappa shape index (κ2) is 8.23. The lowest BCUT2D eigenvalue weighted by molar-refractivity contribution is -0.117. The fourth-order valence-electron chi connectivity index (χ4n) is 3.28. The number of nitrogens with zero attached hydrogens (tertiary/aromatic N) is 1. The quantitative estimate of drug-likeness (QED) is 0.704.